The molecule has 2 amide bonds. The van der Waals surface area contributed by atoms with Crippen molar-refractivity contribution in [3.63, 3.8) is 0 Å². The number of aromatic nitrogens is 2. The standard InChI is InChI=1S/C35H29N3O2/c39-33-31-22-12-13-23-32(31)34(40)38(33)24-14-4-11-21-30-25-37(26-36-30)35(27-15-5-1-6-16-27,28-17-7-2-8-18-28)29-19-9-3-10-20-29/h1-3,5-13,15-23,25-26H,4,14,24H2. The Morgan fingerprint density at radius 2 is 1.12 bits per heavy atom. The molecule has 196 valence electrons. The van der Waals surface area contributed by atoms with Crippen LogP contribution in [0.25, 0.3) is 6.08 Å². The molecule has 5 aromatic rings. The van der Waals surface area contributed by atoms with Gasteiger partial charge in [-0.15, -0.1) is 0 Å². The van der Waals surface area contributed by atoms with E-state index in [1.807, 2.05) is 30.6 Å². The zero-order chi connectivity index (χ0) is 27.4. The van der Waals surface area contributed by atoms with E-state index in [4.69, 9.17) is 4.98 Å². The van der Waals surface area contributed by atoms with E-state index in [1.54, 1.807) is 24.3 Å². The van der Waals surface area contributed by atoms with E-state index in [0.29, 0.717) is 24.1 Å². The Bertz CT molecular complexity index is 1530. The molecule has 0 aliphatic carbocycles. The maximum atomic E-state index is 12.6. The quantitative estimate of drug-likeness (QED) is 0.121. The lowest BCUT2D eigenvalue weighted by molar-refractivity contribution is 0.0653. The fraction of sp³-hybridized carbons (Fsp3) is 0.114. The largest absolute Gasteiger partial charge is 0.318 e. The maximum absolute atomic E-state index is 12.6. The lowest BCUT2D eigenvalue weighted by Crippen LogP contribution is -2.36. The average Bonchev–Trinajstić information content (AvgIpc) is 3.58. The van der Waals surface area contributed by atoms with Gasteiger partial charge in [-0.1, -0.05) is 109 Å². The zero-order valence-electron chi connectivity index (χ0n) is 22.1. The number of carbonyl (C=O) groups is 2. The van der Waals surface area contributed by atoms with Crippen molar-refractivity contribution in [2.75, 3.05) is 6.54 Å². The van der Waals surface area contributed by atoms with Crippen molar-refractivity contribution in [1.82, 2.24) is 14.5 Å². The first-order chi connectivity index (χ1) is 19.7. The molecular formula is C35H29N3O2. The van der Waals surface area contributed by atoms with Crippen LogP contribution in [-0.4, -0.2) is 32.8 Å². The van der Waals surface area contributed by atoms with E-state index in [0.717, 1.165) is 28.8 Å². The Balaban J connectivity index is 1.25. The van der Waals surface area contributed by atoms with Crippen molar-refractivity contribution in [3.8, 4) is 0 Å². The van der Waals surface area contributed by atoms with Gasteiger partial charge in [0.25, 0.3) is 11.8 Å². The molecule has 2 heterocycles. The molecule has 1 aliphatic heterocycles. The predicted octanol–water partition coefficient (Wildman–Crippen LogP) is 6.81. The zero-order valence-corrected chi connectivity index (χ0v) is 22.1. The SMILES string of the molecule is O=C1c2ccccc2C(=O)N1CCCC=Cc1cn(C(c2ccccc2)(c2ccccc2)c2ccccc2)cn1. The highest BCUT2D eigenvalue weighted by atomic mass is 16.2. The van der Waals surface area contributed by atoms with Crippen LogP contribution < -0.4 is 0 Å². The molecule has 5 nitrogen and oxygen atoms in total. The summed E-state index contributed by atoms with van der Waals surface area (Å²) in [6.07, 6.45) is 9.44. The number of rotatable bonds is 9. The molecule has 5 heteroatoms. The minimum Gasteiger partial charge on any atom is -0.318 e. The molecule has 0 N–H and O–H groups in total. The molecule has 0 bridgehead atoms. The topological polar surface area (TPSA) is 55.2 Å². The summed E-state index contributed by atoms with van der Waals surface area (Å²) in [6, 6.07) is 38.5. The normalized spacial score (nSPS) is 13.2. The maximum Gasteiger partial charge on any atom is 0.261 e. The number of hydrogen-bond acceptors (Lipinski definition) is 3. The fourth-order valence-corrected chi connectivity index (χ4v) is 5.61. The summed E-state index contributed by atoms with van der Waals surface area (Å²) < 4.78 is 2.19. The first-order valence-corrected chi connectivity index (χ1v) is 13.5. The first kappa shape index (κ1) is 25.3. The minimum atomic E-state index is -0.603. The summed E-state index contributed by atoms with van der Waals surface area (Å²) in [5, 5.41) is 0. The highest BCUT2D eigenvalue weighted by molar-refractivity contribution is 6.21. The molecule has 4 aromatic carbocycles. The highest BCUT2D eigenvalue weighted by Gasteiger charge is 2.38. The van der Waals surface area contributed by atoms with Crippen molar-refractivity contribution >= 4 is 17.9 Å². The van der Waals surface area contributed by atoms with Crippen LogP contribution in [0.4, 0.5) is 0 Å². The van der Waals surface area contributed by atoms with E-state index < -0.39 is 5.54 Å². The molecule has 6 rings (SSSR count). The van der Waals surface area contributed by atoms with Gasteiger partial charge in [0.2, 0.25) is 0 Å². The van der Waals surface area contributed by atoms with Gasteiger partial charge in [-0.05, 0) is 47.7 Å². The van der Waals surface area contributed by atoms with Gasteiger partial charge in [0, 0.05) is 12.7 Å². The van der Waals surface area contributed by atoms with E-state index in [2.05, 4.69) is 89.6 Å². The number of imidazole rings is 1. The van der Waals surface area contributed by atoms with Gasteiger partial charge < -0.3 is 4.57 Å². The lowest BCUT2D eigenvalue weighted by Gasteiger charge is -2.37. The average molecular weight is 524 g/mol. The molecule has 0 saturated carbocycles. The van der Waals surface area contributed by atoms with Crippen LogP contribution in [-0.2, 0) is 5.54 Å². The summed E-state index contributed by atoms with van der Waals surface area (Å²) in [5.41, 5.74) is 4.64. The minimum absolute atomic E-state index is 0.206. The Morgan fingerprint density at radius 3 is 1.62 bits per heavy atom. The summed E-state index contributed by atoms with van der Waals surface area (Å²) in [4.78, 5) is 31.3. The molecule has 0 saturated heterocycles. The number of carbonyl (C=O) groups excluding carboxylic acids is 2. The van der Waals surface area contributed by atoms with Crippen LogP contribution in [0, 0.1) is 0 Å². The number of benzene rings is 4. The number of imide groups is 1. The predicted molar refractivity (Wildman–Crippen MR) is 157 cm³/mol. The van der Waals surface area contributed by atoms with Gasteiger partial charge in [-0.2, -0.15) is 0 Å². The summed E-state index contributed by atoms with van der Waals surface area (Å²) in [7, 11) is 0. The van der Waals surface area contributed by atoms with Crippen LogP contribution in [0.3, 0.4) is 0 Å². The second-order valence-corrected chi connectivity index (χ2v) is 9.87. The first-order valence-electron chi connectivity index (χ1n) is 13.5. The van der Waals surface area contributed by atoms with E-state index >= 15 is 0 Å². The molecule has 1 aromatic heterocycles. The molecule has 0 fully saturated rings. The summed E-state index contributed by atoms with van der Waals surface area (Å²) in [6.45, 7) is 0.393. The van der Waals surface area contributed by atoms with Crippen molar-refractivity contribution in [1.29, 1.82) is 0 Å². The number of fused-ring (bicyclic) bond motifs is 1. The molecule has 1 aliphatic rings. The lowest BCUT2D eigenvalue weighted by atomic mass is 9.77. The monoisotopic (exact) mass is 523 g/mol. The second kappa shape index (κ2) is 11.0. The van der Waals surface area contributed by atoms with Crippen LogP contribution in [0.1, 0.15) is 55.9 Å². The third-order valence-electron chi connectivity index (χ3n) is 7.48. The number of amides is 2. The number of nitrogens with zero attached hydrogens (tertiary/aromatic N) is 3. The Morgan fingerprint density at radius 1 is 0.650 bits per heavy atom. The summed E-state index contributed by atoms with van der Waals surface area (Å²) in [5.74, 6) is -0.412. The third-order valence-corrected chi connectivity index (χ3v) is 7.48. The molecule has 0 spiro atoms. The van der Waals surface area contributed by atoms with Gasteiger partial charge in [0.05, 0.1) is 23.1 Å². The van der Waals surface area contributed by atoms with Crippen molar-refractivity contribution in [2.45, 2.75) is 18.4 Å². The van der Waals surface area contributed by atoms with E-state index in [-0.39, 0.29) is 11.8 Å². The molecule has 0 radical (unpaired) electrons. The smallest absolute Gasteiger partial charge is 0.261 e. The van der Waals surface area contributed by atoms with Crippen molar-refractivity contribution in [3.05, 3.63) is 167 Å². The van der Waals surface area contributed by atoms with Crippen LogP contribution in [0.5, 0.6) is 0 Å². The Kier molecular flexibility index (Phi) is 6.94. The van der Waals surface area contributed by atoms with Gasteiger partial charge in [0.1, 0.15) is 5.54 Å². The van der Waals surface area contributed by atoms with E-state index in [1.165, 1.54) is 4.90 Å². The van der Waals surface area contributed by atoms with Crippen LogP contribution >= 0.6 is 0 Å². The van der Waals surface area contributed by atoms with Gasteiger partial charge in [-0.3, -0.25) is 14.5 Å². The highest BCUT2D eigenvalue weighted by Crippen LogP contribution is 2.40. The number of unbranched alkanes of at least 4 members (excludes halogenated alkanes) is 1. The molecule has 0 atom stereocenters. The molecular weight excluding hydrogens is 494 g/mol. The van der Waals surface area contributed by atoms with Crippen molar-refractivity contribution < 1.29 is 9.59 Å². The van der Waals surface area contributed by atoms with Gasteiger partial charge in [-0.25, -0.2) is 4.98 Å². The van der Waals surface area contributed by atoms with Crippen molar-refractivity contribution in [2.24, 2.45) is 0 Å². The molecule has 40 heavy (non-hydrogen) atoms. The fourth-order valence-electron chi connectivity index (χ4n) is 5.61. The molecule has 0 unspecified atom stereocenters. The van der Waals surface area contributed by atoms with Gasteiger partial charge in [0.15, 0.2) is 0 Å². The second-order valence-electron chi connectivity index (χ2n) is 9.87. The van der Waals surface area contributed by atoms with Gasteiger partial charge >= 0.3 is 0 Å². The Labute approximate surface area is 234 Å². The third kappa shape index (κ3) is 4.46. The number of hydrogen-bond donors (Lipinski definition) is 0. The number of allylic oxidation sites excluding steroid dienone is 1. The van der Waals surface area contributed by atoms with E-state index in [9.17, 15) is 9.59 Å². The Hall–Kier alpha value is -5.03. The van der Waals surface area contributed by atoms with Crippen LogP contribution in [0.2, 0.25) is 0 Å². The summed E-state index contributed by atoms with van der Waals surface area (Å²) >= 11 is 0. The van der Waals surface area contributed by atoms with Crippen LogP contribution in [0.15, 0.2) is 134 Å².